The van der Waals surface area contributed by atoms with Gasteiger partial charge in [0.1, 0.15) is 5.75 Å². The highest BCUT2D eigenvalue weighted by Crippen LogP contribution is 2.22. The quantitative estimate of drug-likeness (QED) is 0.732. The fourth-order valence-corrected chi connectivity index (χ4v) is 1.79. The Morgan fingerprint density at radius 3 is 2.41 bits per heavy atom. The summed E-state index contributed by atoms with van der Waals surface area (Å²) in [6.07, 6.45) is 1.06. The van der Waals surface area contributed by atoms with Crippen LogP contribution in [0.3, 0.4) is 0 Å². The molecule has 1 N–H and O–H groups in total. The second-order valence-corrected chi connectivity index (χ2v) is 5.02. The van der Waals surface area contributed by atoms with Crippen molar-refractivity contribution in [1.29, 1.82) is 0 Å². The normalized spacial score (nSPS) is 10.9. The summed E-state index contributed by atoms with van der Waals surface area (Å²) in [6, 6.07) is 6.26. The number of para-hydroxylation sites is 1. The first-order chi connectivity index (χ1) is 8.11. The molecule has 0 aliphatic carbocycles. The lowest BCUT2D eigenvalue weighted by molar-refractivity contribution is 0.303. The van der Waals surface area contributed by atoms with E-state index in [1.807, 2.05) is 0 Å². The van der Waals surface area contributed by atoms with Crippen LogP contribution >= 0.6 is 0 Å². The van der Waals surface area contributed by atoms with Crippen LogP contribution in [0.4, 0.5) is 0 Å². The van der Waals surface area contributed by atoms with Crippen molar-refractivity contribution in [3.63, 3.8) is 0 Å². The fourth-order valence-electron chi connectivity index (χ4n) is 1.79. The van der Waals surface area contributed by atoms with Gasteiger partial charge in [-0.05, 0) is 50.4 Å². The Bertz CT molecular complexity index is 313. The van der Waals surface area contributed by atoms with Crippen molar-refractivity contribution in [1.82, 2.24) is 5.32 Å². The number of hydrogen-bond acceptors (Lipinski definition) is 2. The number of hydrogen-bond donors (Lipinski definition) is 1. The molecule has 2 nitrogen and oxygen atoms in total. The van der Waals surface area contributed by atoms with Gasteiger partial charge in [-0.3, -0.25) is 0 Å². The Morgan fingerprint density at radius 2 is 1.82 bits per heavy atom. The van der Waals surface area contributed by atoms with Crippen LogP contribution in [0.5, 0.6) is 5.75 Å². The first-order valence-electron chi connectivity index (χ1n) is 6.51. The largest absolute Gasteiger partial charge is 0.493 e. The van der Waals surface area contributed by atoms with Crippen LogP contribution in [0.25, 0.3) is 0 Å². The van der Waals surface area contributed by atoms with Crippen LogP contribution in [0.2, 0.25) is 0 Å². The van der Waals surface area contributed by atoms with Gasteiger partial charge >= 0.3 is 0 Å². The van der Waals surface area contributed by atoms with E-state index in [0.29, 0.717) is 0 Å². The summed E-state index contributed by atoms with van der Waals surface area (Å²) in [5, 5.41) is 3.42. The van der Waals surface area contributed by atoms with E-state index in [2.05, 4.69) is 51.2 Å². The molecule has 0 aliphatic heterocycles. The van der Waals surface area contributed by atoms with Gasteiger partial charge in [-0.2, -0.15) is 0 Å². The van der Waals surface area contributed by atoms with E-state index < -0.39 is 0 Å². The van der Waals surface area contributed by atoms with E-state index in [4.69, 9.17) is 4.74 Å². The van der Waals surface area contributed by atoms with Crippen LogP contribution in [0.1, 0.15) is 31.4 Å². The summed E-state index contributed by atoms with van der Waals surface area (Å²) in [7, 11) is 0. The molecule has 1 aromatic rings. The third kappa shape index (κ3) is 5.22. The molecule has 0 fully saturated rings. The highest BCUT2D eigenvalue weighted by Gasteiger charge is 2.02. The summed E-state index contributed by atoms with van der Waals surface area (Å²) in [4.78, 5) is 0. The van der Waals surface area contributed by atoms with Crippen molar-refractivity contribution < 1.29 is 4.74 Å². The minimum absolute atomic E-state index is 0.717. The first-order valence-corrected chi connectivity index (χ1v) is 6.51. The lowest BCUT2D eigenvalue weighted by atomic mass is 10.1. The van der Waals surface area contributed by atoms with Crippen LogP contribution in [-0.2, 0) is 0 Å². The molecule has 0 aliphatic rings. The zero-order valence-electron chi connectivity index (χ0n) is 11.5. The van der Waals surface area contributed by atoms with Crippen molar-refractivity contribution in [3.8, 4) is 5.75 Å². The van der Waals surface area contributed by atoms with Crippen molar-refractivity contribution in [2.45, 2.75) is 34.1 Å². The number of aryl methyl sites for hydroxylation is 2. The molecule has 0 amide bonds. The van der Waals surface area contributed by atoms with Gasteiger partial charge < -0.3 is 10.1 Å². The lowest BCUT2D eigenvalue weighted by Gasteiger charge is -2.12. The Hall–Kier alpha value is -1.02. The number of rotatable bonds is 7. The lowest BCUT2D eigenvalue weighted by Crippen LogP contribution is -2.22. The molecule has 1 aromatic carbocycles. The first kappa shape index (κ1) is 14.0. The van der Waals surface area contributed by atoms with Crippen LogP contribution in [0.15, 0.2) is 18.2 Å². The smallest absolute Gasteiger partial charge is 0.125 e. The molecule has 0 heterocycles. The van der Waals surface area contributed by atoms with Gasteiger partial charge in [0.15, 0.2) is 0 Å². The van der Waals surface area contributed by atoms with Crippen molar-refractivity contribution in [2.75, 3.05) is 19.7 Å². The van der Waals surface area contributed by atoms with Crippen LogP contribution < -0.4 is 10.1 Å². The van der Waals surface area contributed by atoms with Gasteiger partial charge in [0.05, 0.1) is 6.61 Å². The maximum absolute atomic E-state index is 5.83. The summed E-state index contributed by atoms with van der Waals surface area (Å²) < 4.78 is 5.83. The minimum Gasteiger partial charge on any atom is -0.493 e. The second-order valence-electron chi connectivity index (χ2n) is 5.02. The summed E-state index contributed by atoms with van der Waals surface area (Å²) >= 11 is 0. The van der Waals surface area contributed by atoms with Gasteiger partial charge in [0.2, 0.25) is 0 Å². The maximum atomic E-state index is 5.83. The van der Waals surface area contributed by atoms with Crippen molar-refractivity contribution >= 4 is 0 Å². The molecule has 1 rings (SSSR count). The molecule has 0 bridgehead atoms. The van der Waals surface area contributed by atoms with Crippen LogP contribution in [0, 0.1) is 19.8 Å². The summed E-state index contributed by atoms with van der Waals surface area (Å²) in [5.41, 5.74) is 2.44. The molecular weight excluding hydrogens is 210 g/mol. The van der Waals surface area contributed by atoms with E-state index in [1.165, 1.54) is 11.1 Å². The Morgan fingerprint density at radius 1 is 1.18 bits per heavy atom. The third-order valence-electron chi connectivity index (χ3n) is 2.71. The highest BCUT2D eigenvalue weighted by atomic mass is 16.5. The van der Waals surface area contributed by atoms with Gasteiger partial charge in [-0.1, -0.05) is 32.0 Å². The fraction of sp³-hybridized carbons (Fsp3) is 0.600. The number of ether oxygens (including phenoxy) is 1. The van der Waals surface area contributed by atoms with Crippen LogP contribution in [-0.4, -0.2) is 19.7 Å². The molecule has 0 saturated heterocycles. The molecule has 0 saturated carbocycles. The Balaban J connectivity index is 2.22. The molecule has 0 unspecified atom stereocenters. The second kappa shape index (κ2) is 7.33. The van der Waals surface area contributed by atoms with Crippen molar-refractivity contribution in [2.24, 2.45) is 5.92 Å². The topological polar surface area (TPSA) is 21.3 Å². The van der Waals surface area contributed by atoms with Gasteiger partial charge in [-0.25, -0.2) is 0 Å². The van der Waals surface area contributed by atoms with Gasteiger partial charge in [0.25, 0.3) is 0 Å². The Labute approximate surface area is 105 Å². The zero-order valence-corrected chi connectivity index (χ0v) is 11.5. The Kier molecular flexibility index (Phi) is 6.06. The maximum Gasteiger partial charge on any atom is 0.125 e. The minimum atomic E-state index is 0.717. The molecular formula is C15H25NO. The molecule has 0 spiro atoms. The molecule has 0 atom stereocenters. The number of nitrogens with one attached hydrogen (secondary N) is 1. The molecule has 0 radical (unpaired) electrons. The number of benzene rings is 1. The third-order valence-corrected chi connectivity index (χ3v) is 2.71. The SMILES string of the molecule is Cc1cccc(C)c1OCCCNCC(C)C. The van der Waals surface area contributed by atoms with E-state index >= 15 is 0 Å². The average Bonchev–Trinajstić information content (AvgIpc) is 2.26. The van der Waals surface area contributed by atoms with Crippen molar-refractivity contribution in [3.05, 3.63) is 29.3 Å². The van der Waals surface area contributed by atoms with E-state index in [1.54, 1.807) is 0 Å². The highest BCUT2D eigenvalue weighted by molar-refractivity contribution is 5.39. The standard InChI is InChI=1S/C15H25NO/c1-12(2)11-16-9-6-10-17-15-13(3)7-5-8-14(15)4/h5,7-8,12,16H,6,9-11H2,1-4H3. The molecule has 2 heteroatoms. The van der Waals surface area contributed by atoms with Gasteiger partial charge in [0, 0.05) is 0 Å². The predicted molar refractivity (Wildman–Crippen MR) is 73.7 cm³/mol. The summed E-state index contributed by atoms with van der Waals surface area (Å²) in [6.45, 7) is 11.5. The molecule has 0 aromatic heterocycles. The van der Waals surface area contributed by atoms with E-state index in [9.17, 15) is 0 Å². The predicted octanol–water partition coefficient (Wildman–Crippen LogP) is 3.32. The van der Waals surface area contributed by atoms with E-state index in [-0.39, 0.29) is 0 Å². The van der Waals surface area contributed by atoms with E-state index in [0.717, 1.165) is 37.8 Å². The zero-order chi connectivity index (χ0) is 12.7. The molecule has 96 valence electrons. The van der Waals surface area contributed by atoms with Gasteiger partial charge in [-0.15, -0.1) is 0 Å². The molecule has 17 heavy (non-hydrogen) atoms. The monoisotopic (exact) mass is 235 g/mol. The summed E-state index contributed by atoms with van der Waals surface area (Å²) in [5.74, 6) is 1.77. The average molecular weight is 235 g/mol.